The molecule has 2 aromatic rings. The van der Waals surface area contributed by atoms with Crippen LogP contribution in [-0.2, 0) is 25.6 Å². The fourth-order valence-electron chi connectivity index (χ4n) is 2.87. The van der Waals surface area contributed by atoms with E-state index in [1.807, 2.05) is 13.8 Å². The van der Waals surface area contributed by atoms with E-state index in [-0.39, 0.29) is 34.9 Å². The molecule has 0 saturated heterocycles. The Morgan fingerprint density at radius 2 is 2.00 bits per heavy atom. The van der Waals surface area contributed by atoms with Gasteiger partial charge < -0.3 is 19.2 Å². The lowest BCUT2D eigenvalue weighted by molar-refractivity contribution is -0.146. The second kappa shape index (κ2) is 9.35. The molecule has 0 fully saturated rings. The number of methoxy groups -OCH3 is 1. The Hall–Kier alpha value is -3.17. The molecule has 2 atom stereocenters. The van der Waals surface area contributed by atoms with Gasteiger partial charge in [-0.3, -0.25) is 14.2 Å². The summed E-state index contributed by atoms with van der Waals surface area (Å²) >= 11 is 0. The smallest absolute Gasteiger partial charge is 0.342 e. The van der Waals surface area contributed by atoms with Crippen LogP contribution in [-0.4, -0.2) is 47.2 Å². The molecule has 10 heteroatoms. The van der Waals surface area contributed by atoms with Crippen LogP contribution in [0.15, 0.2) is 15.5 Å². The van der Waals surface area contributed by atoms with Crippen LogP contribution in [0.4, 0.5) is 0 Å². The van der Waals surface area contributed by atoms with Crippen LogP contribution in [0.5, 0.6) is 0 Å². The summed E-state index contributed by atoms with van der Waals surface area (Å²) in [6, 6.07) is -0.837. The highest BCUT2D eigenvalue weighted by Gasteiger charge is 2.28. The number of carbonyl (C=O) groups excluding carboxylic acids is 3. The third-order valence-electron chi connectivity index (χ3n) is 4.63. The first-order chi connectivity index (χ1) is 13.7. The van der Waals surface area contributed by atoms with Crippen molar-refractivity contribution in [2.75, 3.05) is 13.7 Å². The molecule has 1 amide bonds. The van der Waals surface area contributed by atoms with Crippen molar-refractivity contribution in [2.24, 2.45) is 5.92 Å². The minimum Gasteiger partial charge on any atom is -0.467 e. The highest BCUT2D eigenvalue weighted by atomic mass is 16.5. The molecular weight excluding hydrogens is 382 g/mol. The molecule has 0 saturated carbocycles. The molecular formula is C19H25N3O7. The Labute approximate surface area is 167 Å². The van der Waals surface area contributed by atoms with Gasteiger partial charge in [0.25, 0.3) is 5.56 Å². The quantitative estimate of drug-likeness (QED) is 0.646. The molecule has 0 radical (unpaired) electrons. The Kier molecular flexibility index (Phi) is 7.13. The molecule has 0 aromatic carbocycles. The zero-order valence-corrected chi connectivity index (χ0v) is 17.1. The summed E-state index contributed by atoms with van der Waals surface area (Å²) in [5.74, 6) is -1.79. The number of rotatable bonds is 8. The Balaban J connectivity index is 2.34. The molecule has 10 nitrogen and oxygen atoms in total. The van der Waals surface area contributed by atoms with E-state index in [0.717, 1.165) is 10.9 Å². The van der Waals surface area contributed by atoms with E-state index >= 15 is 0 Å². The van der Waals surface area contributed by atoms with Gasteiger partial charge in [0, 0.05) is 0 Å². The lowest BCUT2D eigenvalue weighted by Crippen LogP contribution is -2.47. The Bertz CT molecular complexity index is 976. The first-order valence-corrected chi connectivity index (χ1v) is 9.27. The third-order valence-corrected chi connectivity index (χ3v) is 4.63. The summed E-state index contributed by atoms with van der Waals surface area (Å²) in [7, 11) is 1.24. The molecule has 29 heavy (non-hydrogen) atoms. The molecule has 0 aliphatic heterocycles. The topological polar surface area (TPSA) is 130 Å². The Morgan fingerprint density at radius 1 is 1.31 bits per heavy atom. The monoisotopic (exact) mass is 407 g/mol. The largest absolute Gasteiger partial charge is 0.467 e. The number of esters is 2. The summed E-state index contributed by atoms with van der Waals surface area (Å²) in [5, 5.41) is 2.54. The van der Waals surface area contributed by atoms with Crippen molar-refractivity contribution < 1.29 is 28.3 Å². The minimum absolute atomic E-state index is 0.0128. The van der Waals surface area contributed by atoms with E-state index in [1.165, 1.54) is 14.0 Å². The van der Waals surface area contributed by atoms with Gasteiger partial charge in [-0.2, -0.15) is 0 Å². The predicted molar refractivity (Wildman–Crippen MR) is 102 cm³/mol. The molecule has 0 aliphatic rings. The highest BCUT2D eigenvalue weighted by Crippen LogP contribution is 2.21. The van der Waals surface area contributed by atoms with Gasteiger partial charge in [-0.15, -0.1) is 0 Å². The van der Waals surface area contributed by atoms with E-state index in [2.05, 4.69) is 10.3 Å². The minimum atomic E-state index is -0.837. The van der Waals surface area contributed by atoms with Crippen molar-refractivity contribution in [3.63, 3.8) is 0 Å². The number of carbonyl (C=O) groups is 3. The van der Waals surface area contributed by atoms with Crippen molar-refractivity contribution in [3.8, 4) is 0 Å². The highest BCUT2D eigenvalue weighted by molar-refractivity contribution is 6.03. The van der Waals surface area contributed by atoms with Gasteiger partial charge >= 0.3 is 11.9 Å². The summed E-state index contributed by atoms with van der Waals surface area (Å²) in [5.41, 5.74) is -0.649. The summed E-state index contributed by atoms with van der Waals surface area (Å²) < 4.78 is 16.1. The van der Waals surface area contributed by atoms with Crippen LogP contribution in [0.1, 0.15) is 43.3 Å². The molecule has 2 rings (SSSR count). The average molecular weight is 407 g/mol. The van der Waals surface area contributed by atoms with Gasteiger partial charge in [-0.25, -0.2) is 14.6 Å². The number of aryl methyl sites for hydroxylation is 1. The lowest BCUT2D eigenvalue weighted by atomic mass is 9.99. The molecule has 0 aliphatic carbocycles. The Morgan fingerprint density at radius 3 is 2.59 bits per heavy atom. The standard InChI is InChI=1S/C19H25N3O7/c1-6-10(3)15(19(26)27-5)21-12(23)8-22-9-20-16-14(17(22)24)13(11(4)29-16)18(25)28-7-2/h9-10,15H,6-8H2,1-5H3,(H,21,23)/t10-,15+/m0/s1. The van der Waals surface area contributed by atoms with E-state index in [4.69, 9.17) is 13.9 Å². The number of amides is 1. The van der Waals surface area contributed by atoms with Gasteiger partial charge in [0.15, 0.2) is 0 Å². The molecule has 2 heterocycles. The fourth-order valence-corrected chi connectivity index (χ4v) is 2.87. The van der Waals surface area contributed by atoms with Crippen LogP contribution >= 0.6 is 0 Å². The number of fused-ring (bicyclic) bond motifs is 1. The molecule has 0 spiro atoms. The van der Waals surface area contributed by atoms with E-state index in [0.29, 0.717) is 6.42 Å². The lowest BCUT2D eigenvalue weighted by Gasteiger charge is -2.21. The van der Waals surface area contributed by atoms with Crippen LogP contribution < -0.4 is 10.9 Å². The van der Waals surface area contributed by atoms with Gasteiger partial charge in [0.1, 0.15) is 35.6 Å². The van der Waals surface area contributed by atoms with Crippen molar-refractivity contribution in [1.29, 1.82) is 0 Å². The van der Waals surface area contributed by atoms with Crippen LogP contribution in [0, 0.1) is 12.8 Å². The summed E-state index contributed by atoms with van der Waals surface area (Å²) in [6.45, 7) is 6.60. The number of hydrogen-bond acceptors (Lipinski definition) is 8. The molecule has 0 unspecified atom stereocenters. The first kappa shape index (κ1) is 22.1. The SMILES string of the molecule is CCOC(=O)c1c(C)oc2ncn(CC(=O)N[C@@H](C(=O)OC)[C@@H](C)CC)c(=O)c12. The van der Waals surface area contributed by atoms with Crippen molar-refractivity contribution >= 4 is 28.9 Å². The van der Waals surface area contributed by atoms with Crippen molar-refractivity contribution in [2.45, 2.75) is 46.7 Å². The van der Waals surface area contributed by atoms with E-state index in [1.54, 1.807) is 6.92 Å². The predicted octanol–water partition coefficient (Wildman–Crippen LogP) is 1.18. The number of ether oxygens (including phenoxy) is 2. The summed E-state index contributed by atoms with van der Waals surface area (Å²) in [4.78, 5) is 53.5. The van der Waals surface area contributed by atoms with Gasteiger partial charge in [0.05, 0.1) is 13.7 Å². The zero-order valence-electron chi connectivity index (χ0n) is 17.1. The third kappa shape index (κ3) is 4.64. The van der Waals surface area contributed by atoms with Crippen LogP contribution in [0.2, 0.25) is 0 Å². The first-order valence-electron chi connectivity index (χ1n) is 9.27. The van der Waals surface area contributed by atoms with Crippen LogP contribution in [0.25, 0.3) is 11.1 Å². The molecule has 2 aromatic heterocycles. The molecule has 0 bridgehead atoms. The van der Waals surface area contributed by atoms with Gasteiger partial charge in [0.2, 0.25) is 11.6 Å². The van der Waals surface area contributed by atoms with Gasteiger partial charge in [-0.1, -0.05) is 20.3 Å². The van der Waals surface area contributed by atoms with Crippen molar-refractivity contribution in [1.82, 2.24) is 14.9 Å². The maximum atomic E-state index is 12.9. The number of nitrogens with one attached hydrogen (secondary N) is 1. The average Bonchev–Trinajstić information content (AvgIpc) is 3.04. The van der Waals surface area contributed by atoms with Gasteiger partial charge in [-0.05, 0) is 19.8 Å². The number of furan rings is 1. The molecule has 158 valence electrons. The number of hydrogen-bond donors (Lipinski definition) is 1. The maximum Gasteiger partial charge on any atom is 0.342 e. The summed E-state index contributed by atoms with van der Waals surface area (Å²) in [6.07, 6.45) is 1.79. The van der Waals surface area contributed by atoms with E-state index in [9.17, 15) is 19.2 Å². The van der Waals surface area contributed by atoms with Crippen LogP contribution in [0.3, 0.4) is 0 Å². The normalized spacial score (nSPS) is 13.0. The molecule has 1 N–H and O–H groups in total. The van der Waals surface area contributed by atoms with Crippen molar-refractivity contribution in [3.05, 3.63) is 28.0 Å². The maximum absolute atomic E-state index is 12.9. The number of nitrogens with zero attached hydrogens (tertiary/aromatic N) is 2. The van der Waals surface area contributed by atoms with E-state index < -0.39 is 36.0 Å². The fraction of sp³-hybridized carbons (Fsp3) is 0.526. The second-order valence-corrected chi connectivity index (χ2v) is 6.57. The number of aromatic nitrogens is 2. The zero-order chi connectivity index (χ0) is 21.7. The second-order valence-electron chi connectivity index (χ2n) is 6.57.